The number of pyridine rings is 2. The molecule has 1 fully saturated rings. The summed E-state index contributed by atoms with van der Waals surface area (Å²) < 4.78 is 23.9. The highest BCUT2D eigenvalue weighted by atomic mass is 19.1. The maximum Gasteiger partial charge on any atom is 0.239 e. The van der Waals surface area contributed by atoms with Gasteiger partial charge in [-0.05, 0) is 38.7 Å². The molecule has 3 N–H and O–H groups in total. The molecule has 0 aromatic carbocycles. The largest absolute Gasteiger partial charge is 0.473 e. The molecule has 0 aliphatic heterocycles. The molecule has 1 atom stereocenters. The molecule has 0 radical (unpaired) electrons. The van der Waals surface area contributed by atoms with Gasteiger partial charge in [-0.15, -0.1) is 0 Å². The number of aromatic nitrogens is 6. The van der Waals surface area contributed by atoms with E-state index >= 15 is 0 Å². The zero-order valence-corrected chi connectivity index (χ0v) is 21.0. The summed E-state index contributed by atoms with van der Waals surface area (Å²) in [6, 6.07) is 3.43. The number of aliphatic hydroxyl groups excluding tert-OH is 2. The van der Waals surface area contributed by atoms with Crippen LogP contribution in [-0.2, 0) is 6.54 Å². The second kappa shape index (κ2) is 11.1. The summed E-state index contributed by atoms with van der Waals surface area (Å²) in [7, 11) is 0. The van der Waals surface area contributed by atoms with Crippen LogP contribution in [0.15, 0.2) is 36.9 Å². The summed E-state index contributed by atoms with van der Waals surface area (Å²) >= 11 is 0. The molecule has 4 aromatic rings. The molecular weight excluding hydrogens is 491 g/mol. The van der Waals surface area contributed by atoms with Crippen LogP contribution in [0.4, 0.5) is 15.9 Å². The number of nitrogens with one attached hydrogen (secondary N) is 1. The molecule has 4 aromatic heterocycles. The van der Waals surface area contributed by atoms with Crippen molar-refractivity contribution in [3.05, 3.63) is 54.2 Å². The van der Waals surface area contributed by atoms with Crippen LogP contribution in [0, 0.1) is 12.4 Å². The number of hydrogen-bond acceptors (Lipinski definition) is 8. The average Bonchev–Trinajstić information content (AvgIpc) is 3.55. The smallest absolute Gasteiger partial charge is 0.239 e. The fourth-order valence-electron chi connectivity index (χ4n) is 4.81. The van der Waals surface area contributed by atoms with Crippen LogP contribution in [0.1, 0.15) is 38.6 Å². The summed E-state index contributed by atoms with van der Waals surface area (Å²) in [5, 5.41) is 32.4. The summed E-state index contributed by atoms with van der Waals surface area (Å²) in [5.74, 6) is -0.0889. The molecule has 11 nitrogen and oxygen atoms in total. The van der Waals surface area contributed by atoms with Crippen molar-refractivity contribution in [3.63, 3.8) is 0 Å². The summed E-state index contributed by atoms with van der Waals surface area (Å²) in [6.45, 7) is 9.67. The Kier molecular flexibility index (Phi) is 7.48. The molecule has 5 rings (SSSR count). The highest BCUT2D eigenvalue weighted by molar-refractivity contribution is 5.93. The van der Waals surface area contributed by atoms with E-state index in [1.807, 2.05) is 17.7 Å². The van der Waals surface area contributed by atoms with Gasteiger partial charge in [-0.1, -0.05) is 0 Å². The minimum atomic E-state index is -0.897. The summed E-state index contributed by atoms with van der Waals surface area (Å²) in [6.07, 6.45) is 8.50. The second-order valence-corrected chi connectivity index (χ2v) is 9.31. The van der Waals surface area contributed by atoms with Crippen molar-refractivity contribution < 1.29 is 19.3 Å². The van der Waals surface area contributed by atoms with Gasteiger partial charge >= 0.3 is 0 Å². The third-order valence-corrected chi connectivity index (χ3v) is 6.69. The maximum absolute atomic E-state index is 14.4. The highest BCUT2D eigenvalue weighted by Gasteiger charge is 2.28. The van der Waals surface area contributed by atoms with Crippen molar-refractivity contribution in [1.29, 1.82) is 0 Å². The van der Waals surface area contributed by atoms with E-state index in [0.717, 1.165) is 47.4 Å². The van der Waals surface area contributed by atoms with E-state index < -0.39 is 11.9 Å². The van der Waals surface area contributed by atoms with Crippen LogP contribution in [-0.4, -0.2) is 65.1 Å². The van der Waals surface area contributed by atoms with Crippen LogP contribution in [0.5, 0.6) is 5.88 Å². The fourth-order valence-corrected chi connectivity index (χ4v) is 4.81. The van der Waals surface area contributed by atoms with Gasteiger partial charge < -0.3 is 20.3 Å². The lowest BCUT2D eigenvalue weighted by atomic mass is 9.93. The lowest BCUT2D eigenvalue weighted by Crippen LogP contribution is -2.26. The fraction of sp³-hybridized carbons (Fsp3) is 0.423. The number of hydrogen-bond donors (Lipinski definition) is 3. The molecule has 0 unspecified atom stereocenters. The maximum atomic E-state index is 14.4. The monoisotopic (exact) mass is 520 g/mol. The Morgan fingerprint density at radius 2 is 2.08 bits per heavy atom. The topological polar surface area (TPSA) is 128 Å². The minimum Gasteiger partial charge on any atom is -0.473 e. The minimum absolute atomic E-state index is 0.0986. The Morgan fingerprint density at radius 1 is 1.26 bits per heavy atom. The molecule has 0 saturated heterocycles. The molecule has 1 aliphatic carbocycles. The number of fused-ring (bicyclic) bond motifs is 1. The van der Waals surface area contributed by atoms with Crippen LogP contribution >= 0.6 is 0 Å². The van der Waals surface area contributed by atoms with Gasteiger partial charge in [-0.2, -0.15) is 10.2 Å². The predicted octanol–water partition coefficient (Wildman–Crippen LogP) is 3.73. The number of rotatable bonds is 9. The van der Waals surface area contributed by atoms with Gasteiger partial charge in [0.05, 0.1) is 43.6 Å². The lowest BCUT2D eigenvalue weighted by molar-refractivity contribution is 0.0783. The number of nitrogens with zero attached hydrogens (tertiary/aromatic N) is 7. The Bertz CT molecular complexity index is 1450. The molecule has 1 aliphatic rings. The van der Waals surface area contributed by atoms with Gasteiger partial charge in [0.2, 0.25) is 11.6 Å². The highest BCUT2D eigenvalue weighted by Crippen LogP contribution is 2.37. The molecule has 12 heteroatoms. The molecule has 0 spiro atoms. The first kappa shape index (κ1) is 25.6. The third kappa shape index (κ3) is 5.16. The standard InChI is InChI=1S/C26H29FN8O3/c1-3-29-23-10-22-20(12-31-23)25(16-11-32-34(13-16)14-18(37)15-36)33-35(22)17-4-6-19(7-5-17)38-26-24(27)21(28-2)8-9-30-26/h8-13,17-19,36-37H,3-7,14-15H2,1H3,(H,29,31)/t17?,18-,19?/m1/s1. The normalized spacial score (nSPS) is 18.3. The second-order valence-electron chi connectivity index (χ2n) is 9.31. The van der Waals surface area contributed by atoms with Crippen LogP contribution < -0.4 is 10.1 Å². The van der Waals surface area contributed by atoms with E-state index in [0.29, 0.717) is 12.8 Å². The molecule has 1 saturated carbocycles. The van der Waals surface area contributed by atoms with E-state index in [1.54, 1.807) is 23.3 Å². The number of halogens is 1. The first-order valence-corrected chi connectivity index (χ1v) is 12.6. The number of anilines is 1. The molecule has 4 heterocycles. The van der Waals surface area contributed by atoms with Gasteiger partial charge in [0.1, 0.15) is 17.6 Å². The zero-order valence-electron chi connectivity index (χ0n) is 21.0. The Hall–Kier alpha value is -4.08. The van der Waals surface area contributed by atoms with Crippen molar-refractivity contribution in [3.8, 4) is 17.1 Å². The van der Waals surface area contributed by atoms with E-state index in [9.17, 15) is 9.50 Å². The van der Waals surface area contributed by atoms with Crippen LogP contribution in [0.3, 0.4) is 0 Å². The molecule has 0 amide bonds. The van der Waals surface area contributed by atoms with E-state index in [4.69, 9.17) is 21.5 Å². The quantitative estimate of drug-likeness (QED) is 0.285. The SMILES string of the molecule is [C-]#[N+]c1ccnc(OC2CCC(n3nc(-c4cnn(C[C@@H](O)CO)c4)c4cnc(NCC)cc43)CC2)c1F. The summed E-state index contributed by atoms with van der Waals surface area (Å²) in [5.41, 5.74) is 2.37. The third-order valence-electron chi connectivity index (χ3n) is 6.69. The average molecular weight is 521 g/mol. The first-order valence-electron chi connectivity index (χ1n) is 12.6. The Labute approximate surface area is 218 Å². The van der Waals surface area contributed by atoms with Crippen molar-refractivity contribution in [1.82, 2.24) is 29.5 Å². The van der Waals surface area contributed by atoms with Gasteiger partial charge in [0.15, 0.2) is 5.82 Å². The molecular formula is C26H29FN8O3. The number of ether oxygens (including phenoxy) is 1. The van der Waals surface area contributed by atoms with Gasteiger partial charge in [0.25, 0.3) is 0 Å². The van der Waals surface area contributed by atoms with Crippen LogP contribution in [0.2, 0.25) is 0 Å². The number of aliphatic hydroxyl groups is 2. The van der Waals surface area contributed by atoms with Crippen molar-refractivity contribution in [2.24, 2.45) is 0 Å². The van der Waals surface area contributed by atoms with Crippen LogP contribution in [0.25, 0.3) is 27.0 Å². The predicted molar refractivity (Wildman–Crippen MR) is 138 cm³/mol. The zero-order chi connectivity index (χ0) is 26.6. The Morgan fingerprint density at radius 3 is 2.82 bits per heavy atom. The molecule has 198 valence electrons. The molecule has 0 bridgehead atoms. The lowest BCUT2D eigenvalue weighted by Gasteiger charge is -2.29. The van der Waals surface area contributed by atoms with Gasteiger partial charge in [-0.25, -0.2) is 19.2 Å². The Balaban J connectivity index is 1.39. The van der Waals surface area contributed by atoms with E-state index in [2.05, 4.69) is 25.2 Å². The van der Waals surface area contributed by atoms with Crippen molar-refractivity contribution in [2.45, 2.75) is 57.4 Å². The van der Waals surface area contributed by atoms with Crippen molar-refractivity contribution in [2.75, 3.05) is 18.5 Å². The summed E-state index contributed by atoms with van der Waals surface area (Å²) in [4.78, 5) is 11.7. The van der Waals surface area contributed by atoms with Gasteiger partial charge in [-0.3, -0.25) is 9.36 Å². The van der Waals surface area contributed by atoms with E-state index in [-0.39, 0.29) is 36.9 Å². The molecule has 38 heavy (non-hydrogen) atoms. The first-order chi connectivity index (χ1) is 18.5. The van der Waals surface area contributed by atoms with Gasteiger partial charge in [0, 0.05) is 42.2 Å². The van der Waals surface area contributed by atoms with E-state index in [1.165, 1.54) is 12.3 Å². The van der Waals surface area contributed by atoms with Crippen molar-refractivity contribution >= 4 is 22.4 Å².